The van der Waals surface area contributed by atoms with Crippen LogP contribution in [0.2, 0.25) is 0 Å². The molecule has 5 nitrogen and oxygen atoms in total. The molecule has 0 fully saturated rings. The first kappa shape index (κ1) is 13.8. The molecule has 0 aliphatic heterocycles. The zero-order valence-corrected chi connectivity index (χ0v) is 12.5. The highest BCUT2D eigenvalue weighted by atomic mass is 32.1. The number of anilines is 1. The minimum atomic E-state index is -0.0436. The zero-order chi connectivity index (χ0) is 14.8. The van der Waals surface area contributed by atoms with Gasteiger partial charge in [0.1, 0.15) is 4.83 Å². The van der Waals surface area contributed by atoms with Crippen LogP contribution in [0.5, 0.6) is 0 Å². The number of fused-ring (bicyclic) bond motifs is 1. The summed E-state index contributed by atoms with van der Waals surface area (Å²) in [5, 5.41) is 3.73. The Hall–Kier alpha value is -2.18. The fraction of sp³-hybridized carbons (Fsp3) is 0.200. The predicted octanol–water partition coefficient (Wildman–Crippen LogP) is 2.03. The van der Waals surface area contributed by atoms with E-state index in [0.29, 0.717) is 24.4 Å². The Morgan fingerprint density at radius 3 is 2.81 bits per heavy atom. The van der Waals surface area contributed by atoms with Crippen molar-refractivity contribution in [2.45, 2.75) is 0 Å². The van der Waals surface area contributed by atoms with Crippen LogP contribution in [-0.2, 0) is 7.05 Å². The molecule has 0 amide bonds. The standard InChI is InChI=1S/C15H16N4OS/c1-19-14(20)11-9-12(10-5-3-2-4-6-10)21-13(11)18-15(19)17-8-7-16/h2-6,9H,7-8,16H2,1H3,(H,17,18). The summed E-state index contributed by atoms with van der Waals surface area (Å²) in [5.41, 5.74) is 6.53. The smallest absolute Gasteiger partial charge is 0.263 e. The van der Waals surface area contributed by atoms with E-state index in [9.17, 15) is 4.79 Å². The van der Waals surface area contributed by atoms with Gasteiger partial charge in [0.15, 0.2) is 0 Å². The number of nitrogens with one attached hydrogen (secondary N) is 1. The molecular formula is C15H16N4OS. The van der Waals surface area contributed by atoms with E-state index in [-0.39, 0.29) is 5.56 Å². The molecule has 0 saturated heterocycles. The molecule has 2 heterocycles. The van der Waals surface area contributed by atoms with E-state index in [2.05, 4.69) is 10.3 Å². The van der Waals surface area contributed by atoms with E-state index in [1.165, 1.54) is 15.9 Å². The summed E-state index contributed by atoms with van der Waals surface area (Å²) in [7, 11) is 1.72. The zero-order valence-electron chi connectivity index (χ0n) is 11.7. The molecule has 3 aromatic rings. The first-order valence-corrected chi connectivity index (χ1v) is 7.52. The number of hydrogen-bond acceptors (Lipinski definition) is 5. The van der Waals surface area contributed by atoms with E-state index in [4.69, 9.17) is 5.73 Å². The number of nitrogens with zero attached hydrogens (tertiary/aromatic N) is 2. The van der Waals surface area contributed by atoms with Crippen molar-refractivity contribution in [1.29, 1.82) is 0 Å². The summed E-state index contributed by atoms with van der Waals surface area (Å²) in [6, 6.07) is 11.9. The summed E-state index contributed by atoms with van der Waals surface area (Å²) >= 11 is 1.53. The topological polar surface area (TPSA) is 72.9 Å². The van der Waals surface area contributed by atoms with Gasteiger partial charge in [-0.05, 0) is 11.6 Å². The molecule has 0 saturated carbocycles. The van der Waals surface area contributed by atoms with E-state index >= 15 is 0 Å². The molecule has 0 aliphatic carbocycles. The lowest BCUT2D eigenvalue weighted by Gasteiger charge is -2.08. The van der Waals surface area contributed by atoms with Gasteiger partial charge >= 0.3 is 0 Å². The average Bonchev–Trinajstić information content (AvgIpc) is 2.94. The van der Waals surface area contributed by atoms with Crippen LogP contribution in [0.3, 0.4) is 0 Å². The number of hydrogen-bond donors (Lipinski definition) is 2. The summed E-state index contributed by atoms with van der Waals surface area (Å²) in [6.45, 7) is 1.08. The largest absolute Gasteiger partial charge is 0.354 e. The summed E-state index contributed by atoms with van der Waals surface area (Å²) in [5.74, 6) is 0.555. The van der Waals surface area contributed by atoms with Crippen LogP contribution in [0.15, 0.2) is 41.2 Å². The highest BCUT2D eigenvalue weighted by Gasteiger charge is 2.12. The van der Waals surface area contributed by atoms with Gasteiger partial charge < -0.3 is 11.1 Å². The lowest BCUT2D eigenvalue weighted by atomic mass is 10.2. The summed E-state index contributed by atoms with van der Waals surface area (Å²) < 4.78 is 1.53. The molecule has 0 aliphatic rings. The normalized spacial score (nSPS) is 11.0. The van der Waals surface area contributed by atoms with Crippen LogP contribution in [-0.4, -0.2) is 22.6 Å². The van der Waals surface area contributed by atoms with Crippen LogP contribution in [0.1, 0.15) is 0 Å². The number of benzene rings is 1. The van der Waals surface area contributed by atoms with Gasteiger partial charge in [-0.15, -0.1) is 11.3 Å². The highest BCUT2D eigenvalue weighted by molar-refractivity contribution is 7.21. The van der Waals surface area contributed by atoms with Gasteiger partial charge in [0.2, 0.25) is 5.95 Å². The average molecular weight is 300 g/mol. The second kappa shape index (κ2) is 5.67. The predicted molar refractivity (Wildman–Crippen MR) is 87.8 cm³/mol. The molecule has 1 aromatic carbocycles. The first-order valence-electron chi connectivity index (χ1n) is 6.70. The molecule has 21 heavy (non-hydrogen) atoms. The van der Waals surface area contributed by atoms with E-state index in [1.54, 1.807) is 7.05 Å². The molecule has 0 atom stereocenters. The highest BCUT2D eigenvalue weighted by Crippen LogP contribution is 2.31. The fourth-order valence-corrected chi connectivity index (χ4v) is 3.18. The Balaban J connectivity index is 2.13. The Labute approximate surface area is 126 Å². The quantitative estimate of drug-likeness (QED) is 0.773. The molecule has 0 bridgehead atoms. The maximum atomic E-state index is 12.4. The summed E-state index contributed by atoms with van der Waals surface area (Å²) in [6.07, 6.45) is 0. The van der Waals surface area contributed by atoms with Gasteiger partial charge in [0.05, 0.1) is 5.39 Å². The fourth-order valence-electron chi connectivity index (χ4n) is 2.15. The monoisotopic (exact) mass is 300 g/mol. The number of rotatable bonds is 4. The van der Waals surface area contributed by atoms with Gasteiger partial charge in [-0.25, -0.2) is 4.98 Å². The van der Waals surface area contributed by atoms with E-state index in [0.717, 1.165) is 15.3 Å². The van der Waals surface area contributed by atoms with Crippen LogP contribution in [0.25, 0.3) is 20.7 Å². The Morgan fingerprint density at radius 1 is 1.33 bits per heavy atom. The molecule has 3 N–H and O–H groups in total. The van der Waals surface area contributed by atoms with E-state index < -0.39 is 0 Å². The molecular weight excluding hydrogens is 284 g/mol. The second-order valence-corrected chi connectivity index (χ2v) is 5.74. The molecule has 0 radical (unpaired) electrons. The van der Waals surface area contributed by atoms with Crippen LogP contribution < -0.4 is 16.6 Å². The first-order chi connectivity index (χ1) is 10.2. The molecule has 0 spiro atoms. The maximum Gasteiger partial charge on any atom is 0.263 e. The molecule has 3 rings (SSSR count). The second-order valence-electron chi connectivity index (χ2n) is 4.71. The third-order valence-electron chi connectivity index (χ3n) is 3.26. The Morgan fingerprint density at radius 2 is 2.10 bits per heavy atom. The van der Waals surface area contributed by atoms with Crippen LogP contribution >= 0.6 is 11.3 Å². The Kier molecular flexibility index (Phi) is 3.72. The van der Waals surface area contributed by atoms with Crippen molar-refractivity contribution in [2.75, 3.05) is 18.4 Å². The molecule has 2 aromatic heterocycles. The minimum absolute atomic E-state index is 0.0436. The number of thiophene rings is 1. The number of nitrogens with two attached hydrogens (primary N) is 1. The third-order valence-corrected chi connectivity index (χ3v) is 4.34. The van der Waals surface area contributed by atoms with Gasteiger partial charge in [-0.3, -0.25) is 9.36 Å². The van der Waals surface area contributed by atoms with Crippen molar-refractivity contribution in [3.8, 4) is 10.4 Å². The maximum absolute atomic E-state index is 12.4. The molecule has 0 unspecified atom stereocenters. The van der Waals surface area contributed by atoms with E-state index in [1.807, 2.05) is 36.4 Å². The van der Waals surface area contributed by atoms with Gasteiger partial charge in [-0.1, -0.05) is 30.3 Å². The lowest BCUT2D eigenvalue weighted by Crippen LogP contribution is -2.24. The van der Waals surface area contributed by atoms with Crippen molar-refractivity contribution in [1.82, 2.24) is 9.55 Å². The Bertz CT molecular complexity index is 823. The van der Waals surface area contributed by atoms with Gasteiger partial charge in [-0.2, -0.15) is 0 Å². The summed E-state index contributed by atoms with van der Waals surface area (Å²) in [4.78, 5) is 18.7. The van der Waals surface area contributed by atoms with Gasteiger partial charge in [0, 0.05) is 25.0 Å². The van der Waals surface area contributed by atoms with Crippen LogP contribution in [0, 0.1) is 0 Å². The minimum Gasteiger partial charge on any atom is -0.354 e. The molecule has 108 valence electrons. The van der Waals surface area contributed by atoms with Crippen LogP contribution in [0.4, 0.5) is 5.95 Å². The molecule has 6 heteroatoms. The third kappa shape index (κ3) is 2.55. The van der Waals surface area contributed by atoms with Crippen molar-refractivity contribution in [3.05, 3.63) is 46.8 Å². The number of aromatic nitrogens is 2. The van der Waals surface area contributed by atoms with Gasteiger partial charge in [0.25, 0.3) is 5.56 Å². The van der Waals surface area contributed by atoms with Crippen molar-refractivity contribution in [3.63, 3.8) is 0 Å². The lowest BCUT2D eigenvalue weighted by molar-refractivity contribution is 0.836. The SMILES string of the molecule is Cn1c(NCCN)nc2sc(-c3ccccc3)cc2c1=O. The van der Waals surface area contributed by atoms with Crippen molar-refractivity contribution in [2.24, 2.45) is 12.8 Å². The van der Waals surface area contributed by atoms with Crippen molar-refractivity contribution >= 4 is 27.5 Å². The van der Waals surface area contributed by atoms with Crippen molar-refractivity contribution < 1.29 is 0 Å².